The van der Waals surface area contributed by atoms with E-state index in [1.165, 1.54) is 24.0 Å². The van der Waals surface area contributed by atoms with Gasteiger partial charge in [0.15, 0.2) is 5.96 Å². The highest BCUT2D eigenvalue weighted by Gasteiger charge is 2.40. The van der Waals surface area contributed by atoms with Crippen LogP contribution in [0.2, 0.25) is 0 Å². The van der Waals surface area contributed by atoms with Crippen molar-refractivity contribution in [2.75, 3.05) is 31.1 Å². The van der Waals surface area contributed by atoms with Gasteiger partial charge in [-0.2, -0.15) is 25.3 Å². The summed E-state index contributed by atoms with van der Waals surface area (Å²) in [6, 6.07) is 6.70. The molecule has 1 aliphatic rings. The molecule has 0 radical (unpaired) electrons. The number of carbonyl (C=O) groups is 9. The molecule has 70 heavy (non-hydrogen) atoms. The van der Waals surface area contributed by atoms with Gasteiger partial charge in [0, 0.05) is 38.1 Å². The fourth-order valence-electron chi connectivity index (χ4n) is 7.42. The summed E-state index contributed by atoms with van der Waals surface area (Å²) >= 11 is 8.45. The van der Waals surface area contributed by atoms with E-state index in [0.717, 1.165) is 0 Å². The van der Waals surface area contributed by atoms with Gasteiger partial charge >= 0.3 is 0 Å². The number of guanidine groups is 1. The zero-order valence-corrected chi connectivity index (χ0v) is 41.4. The smallest absolute Gasteiger partial charge is 0.246 e. The lowest BCUT2D eigenvalue weighted by Crippen LogP contribution is -2.61. The van der Waals surface area contributed by atoms with Gasteiger partial charge in [-0.25, -0.2) is 0 Å². The first-order valence-electron chi connectivity index (χ1n) is 23.0. The number of likely N-dealkylation sites (tertiary alicyclic amines) is 1. The molecule has 0 aliphatic carbocycles. The lowest BCUT2D eigenvalue weighted by atomic mass is 9.97. The second-order valence-electron chi connectivity index (χ2n) is 16.9. The van der Waals surface area contributed by atoms with Gasteiger partial charge in [-0.1, -0.05) is 62.7 Å². The van der Waals surface area contributed by atoms with E-state index >= 15 is 0 Å². The maximum absolute atomic E-state index is 14.0. The number of nitrogens with two attached hydrogens (primary N) is 3. The minimum absolute atomic E-state index is 0.00736. The molecule has 1 aliphatic heterocycles. The molecule has 384 valence electrons. The Morgan fingerprint density at radius 2 is 1.36 bits per heavy atom. The number of benzene rings is 2. The van der Waals surface area contributed by atoms with Crippen LogP contribution in [0.25, 0.3) is 0 Å². The van der Waals surface area contributed by atoms with E-state index in [2.05, 4.69) is 67.5 Å². The predicted molar refractivity (Wildman–Crippen MR) is 268 cm³/mol. The SMILES string of the molecule is CC[C@H](C)[C@H](NC(=O)[C@H](C)NC(=O)[C@H](Cc1ccccc1)NC(=O)[C@H](Cc1ccc(O)cc1)NC(=O)CCS)C(=O)N[C@@H](CS)C(=O)N1CCC[C@H]1C(=O)N[C@H](CCCN=C(N)N)C(=O)NCC(N)=O. The summed E-state index contributed by atoms with van der Waals surface area (Å²) in [5.41, 5.74) is 17.3. The molecule has 9 amide bonds. The van der Waals surface area contributed by atoms with Crippen molar-refractivity contribution in [1.82, 2.24) is 42.1 Å². The van der Waals surface area contributed by atoms with Crippen LogP contribution in [0.4, 0.5) is 0 Å². The number of hydrogen-bond acceptors (Lipinski definition) is 13. The highest BCUT2D eigenvalue weighted by Crippen LogP contribution is 2.20. The second-order valence-corrected chi connectivity index (χ2v) is 17.8. The number of amides is 9. The fraction of sp³-hybridized carbons (Fsp3) is 0.522. The van der Waals surface area contributed by atoms with E-state index in [0.29, 0.717) is 24.0 Å². The minimum atomic E-state index is -1.25. The fourth-order valence-corrected chi connectivity index (χ4v) is 7.87. The zero-order valence-electron chi connectivity index (χ0n) is 39.6. The number of nitrogens with zero attached hydrogens (tertiary/aromatic N) is 2. The highest BCUT2D eigenvalue weighted by molar-refractivity contribution is 7.80. The molecule has 14 N–H and O–H groups in total. The maximum Gasteiger partial charge on any atom is 0.246 e. The Balaban J connectivity index is 1.75. The summed E-state index contributed by atoms with van der Waals surface area (Å²) in [5, 5.41) is 28.2. The Kier molecular flexibility index (Phi) is 24.3. The molecule has 24 heteroatoms. The zero-order chi connectivity index (χ0) is 51.9. The quantitative estimate of drug-likeness (QED) is 0.0192. The number of carbonyl (C=O) groups excluding carboxylic acids is 9. The third-order valence-electron chi connectivity index (χ3n) is 11.5. The van der Waals surface area contributed by atoms with Crippen molar-refractivity contribution in [3.8, 4) is 5.75 Å². The third-order valence-corrected chi connectivity index (χ3v) is 12.1. The van der Waals surface area contributed by atoms with Gasteiger partial charge in [-0.3, -0.25) is 48.1 Å². The van der Waals surface area contributed by atoms with E-state index in [9.17, 15) is 48.3 Å². The van der Waals surface area contributed by atoms with Gasteiger partial charge < -0.3 is 64.4 Å². The monoisotopic (exact) mass is 1010 g/mol. The van der Waals surface area contributed by atoms with Crippen LogP contribution >= 0.6 is 25.3 Å². The number of aliphatic imine (C=N–C) groups is 1. The van der Waals surface area contributed by atoms with E-state index in [1.807, 2.05) is 0 Å². The summed E-state index contributed by atoms with van der Waals surface area (Å²) in [7, 11) is 0. The molecule has 0 bridgehead atoms. The summed E-state index contributed by atoms with van der Waals surface area (Å²) < 4.78 is 0. The number of nitrogens with one attached hydrogen (secondary N) is 7. The van der Waals surface area contributed by atoms with Crippen LogP contribution in [0.3, 0.4) is 0 Å². The first-order valence-corrected chi connectivity index (χ1v) is 24.3. The molecular formula is C46H68N12O10S2. The van der Waals surface area contributed by atoms with Gasteiger partial charge in [-0.05, 0) is 67.5 Å². The van der Waals surface area contributed by atoms with Crippen molar-refractivity contribution in [3.05, 3.63) is 65.7 Å². The van der Waals surface area contributed by atoms with Crippen molar-refractivity contribution in [2.45, 2.75) is 114 Å². The van der Waals surface area contributed by atoms with E-state index in [-0.39, 0.29) is 74.8 Å². The summed E-state index contributed by atoms with van der Waals surface area (Å²) in [6.45, 7) is 4.75. The Labute approximate surface area is 418 Å². The molecule has 1 saturated heterocycles. The summed E-state index contributed by atoms with van der Waals surface area (Å²) in [4.78, 5) is 126. The average Bonchev–Trinajstić information content (AvgIpc) is 3.83. The largest absolute Gasteiger partial charge is 0.508 e. The number of primary amides is 1. The standard InChI is InChI=1S/C46H68N12O10S2/c1-4-26(2)38(44(67)56-34(25-70)45(68)58-20-9-13-35(58)43(66)54-31(12-8-19-50-46(48)49)40(63)51-24-36(47)60)57-39(62)27(3)52-41(64)33(22-28-10-6-5-7-11-28)55-42(65)32(53-37(61)18-21-69)23-29-14-16-30(59)17-15-29/h5-7,10-11,14-17,26-27,31-35,38,59,69-70H,4,8-9,12-13,18-25H2,1-3H3,(H2,47,60)(H,51,63)(H,52,64)(H,53,61)(H,54,66)(H,55,65)(H,56,67)(H,57,62)(H4,48,49,50)/t26-,27-,31+,32-,33-,34-,35-,38-/m0/s1. The van der Waals surface area contributed by atoms with Crippen molar-refractivity contribution in [3.63, 3.8) is 0 Å². The second kappa shape index (κ2) is 29.5. The average molecular weight is 1010 g/mol. The molecule has 1 heterocycles. The maximum atomic E-state index is 14.0. The number of thiol groups is 2. The normalized spacial score (nSPS) is 16.1. The van der Waals surface area contributed by atoms with Gasteiger partial charge in [0.1, 0.15) is 48.0 Å². The number of hydrogen-bond donors (Lipinski definition) is 13. The van der Waals surface area contributed by atoms with Crippen LogP contribution in [0.5, 0.6) is 5.75 Å². The van der Waals surface area contributed by atoms with E-state index in [1.54, 1.807) is 56.3 Å². The Bertz CT molecular complexity index is 2150. The molecule has 0 unspecified atom stereocenters. The molecule has 8 atom stereocenters. The number of phenolic OH excluding ortho intramolecular Hbond substituents is 1. The van der Waals surface area contributed by atoms with Gasteiger partial charge in [0.2, 0.25) is 53.2 Å². The molecule has 3 rings (SSSR count). The highest BCUT2D eigenvalue weighted by atomic mass is 32.1. The molecule has 0 spiro atoms. The summed E-state index contributed by atoms with van der Waals surface area (Å²) in [5.74, 6) is -6.67. The van der Waals surface area contributed by atoms with Gasteiger partial charge in [0.05, 0.1) is 6.54 Å². The first kappa shape index (κ1) is 57.8. The molecule has 0 saturated carbocycles. The van der Waals surface area contributed by atoms with Crippen molar-refractivity contribution >= 4 is 84.4 Å². The summed E-state index contributed by atoms with van der Waals surface area (Å²) in [6.07, 6.45) is 1.51. The van der Waals surface area contributed by atoms with Crippen LogP contribution < -0.4 is 54.4 Å². The Hall–Kier alpha value is -6.56. The van der Waals surface area contributed by atoms with Crippen molar-refractivity contribution in [2.24, 2.45) is 28.1 Å². The van der Waals surface area contributed by atoms with Crippen molar-refractivity contribution < 1.29 is 48.3 Å². The molecule has 22 nitrogen and oxygen atoms in total. The van der Waals surface area contributed by atoms with E-state index in [4.69, 9.17) is 17.2 Å². The predicted octanol–water partition coefficient (Wildman–Crippen LogP) is -1.95. The molecule has 1 fully saturated rings. The van der Waals surface area contributed by atoms with Crippen LogP contribution in [-0.2, 0) is 56.0 Å². The third kappa shape index (κ3) is 19.1. The van der Waals surface area contributed by atoms with Gasteiger partial charge in [0.25, 0.3) is 0 Å². The Morgan fingerprint density at radius 1 is 0.743 bits per heavy atom. The van der Waals surface area contributed by atoms with Crippen LogP contribution in [0.1, 0.15) is 70.4 Å². The van der Waals surface area contributed by atoms with E-state index < -0.39 is 108 Å². The number of phenols is 1. The minimum Gasteiger partial charge on any atom is -0.508 e. The molecule has 2 aromatic carbocycles. The Morgan fingerprint density at radius 3 is 1.96 bits per heavy atom. The van der Waals surface area contributed by atoms with Gasteiger partial charge in [-0.15, -0.1) is 0 Å². The molecule has 0 aromatic heterocycles. The van der Waals surface area contributed by atoms with Crippen LogP contribution in [0.15, 0.2) is 59.6 Å². The first-order chi connectivity index (χ1) is 33.3. The number of aromatic hydroxyl groups is 1. The lowest BCUT2D eigenvalue weighted by molar-refractivity contribution is -0.142. The molecule has 2 aromatic rings. The molecular weight excluding hydrogens is 945 g/mol. The van der Waals surface area contributed by atoms with Crippen LogP contribution in [0, 0.1) is 5.92 Å². The lowest BCUT2D eigenvalue weighted by Gasteiger charge is -2.31. The van der Waals surface area contributed by atoms with Crippen molar-refractivity contribution in [1.29, 1.82) is 0 Å². The van der Waals surface area contributed by atoms with Crippen LogP contribution in [-0.4, -0.2) is 143 Å². The topological polar surface area (TPSA) is 352 Å². The number of rotatable bonds is 28.